The van der Waals surface area contributed by atoms with Crippen LogP contribution in [0.15, 0.2) is 72.9 Å². The smallest absolute Gasteiger partial charge is 0.251 e. The predicted molar refractivity (Wildman–Crippen MR) is 110 cm³/mol. The largest absolute Gasteiger partial charge is 0.347 e. The minimum absolute atomic E-state index is 0.0231. The predicted octanol–water partition coefficient (Wildman–Crippen LogP) is 5.26. The van der Waals surface area contributed by atoms with Crippen LogP contribution in [0.1, 0.15) is 31.7 Å². The van der Waals surface area contributed by atoms with E-state index >= 15 is 0 Å². The first-order valence-electron chi connectivity index (χ1n) is 9.29. The number of fused-ring (bicyclic) bond motifs is 1. The highest BCUT2D eigenvalue weighted by atomic mass is 16.2. The summed E-state index contributed by atoms with van der Waals surface area (Å²) in [5.41, 5.74) is 4.14. The summed E-state index contributed by atoms with van der Waals surface area (Å²) in [4.78, 5) is 16.7. The molecule has 2 aromatic rings. The number of allylic oxidation sites excluding steroid dienone is 2. The molecule has 3 rings (SSSR count). The molecule has 3 nitrogen and oxygen atoms in total. The molecule has 3 heteroatoms. The fraction of sp³-hybridized carbons (Fsp3) is 0.261. The number of benzene rings is 2. The van der Waals surface area contributed by atoms with E-state index in [2.05, 4.69) is 36.2 Å². The summed E-state index contributed by atoms with van der Waals surface area (Å²) in [5, 5.41) is 0. The molecule has 0 aliphatic carbocycles. The van der Waals surface area contributed by atoms with Crippen molar-refractivity contribution in [1.82, 2.24) is 0 Å². The highest BCUT2D eigenvalue weighted by molar-refractivity contribution is 6.07. The van der Waals surface area contributed by atoms with E-state index in [0.29, 0.717) is 0 Å². The molecule has 0 spiro atoms. The number of unbranched alkanes of at least 4 members (excludes halogenated alkanes) is 2. The first-order chi connectivity index (χ1) is 12.7. The third-order valence-corrected chi connectivity index (χ3v) is 4.71. The van der Waals surface area contributed by atoms with Crippen molar-refractivity contribution >= 4 is 22.9 Å². The van der Waals surface area contributed by atoms with Crippen LogP contribution in [0.2, 0.25) is 0 Å². The molecule has 0 saturated carbocycles. The van der Waals surface area contributed by atoms with E-state index in [1.165, 1.54) is 24.9 Å². The fourth-order valence-electron chi connectivity index (χ4n) is 3.17. The number of carbonyl (C=O) groups is 1. The number of likely N-dealkylation sites (N-methyl/N-ethyl adjacent to an activating group) is 1. The first-order valence-corrected chi connectivity index (χ1v) is 9.29. The van der Waals surface area contributed by atoms with Crippen molar-refractivity contribution in [1.29, 1.82) is 0 Å². The fourth-order valence-corrected chi connectivity index (χ4v) is 3.17. The lowest BCUT2D eigenvalue weighted by Gasteiger charge is -2.28. The quantitative estimate of drug-likeness (QED) is 0.526. The van der Waals surface area contributed by atoms with Gasteiger partial charge in [0.05, 0.1) is 0 Å². The van der Waals surface area contributed by atoms with Gasteiger partial charge in [0.2, 0.25) is 0 Å². The van der Waals surface area contributed by atoms with Crippen LogP contribution in [0.25, 0.3) is 5.57 Å². The van der Waals surface area contributed by atoms with Gasteiger partial charge < -0.3 is 9.80 Å². The number of amides is 1. The summed E-state index contributed by atoms with van der Waals surface area (Å²) in [6, 6.07) is 18.0. The molecular formula is C23H26N2O. The van der Waals surface area contributed by atoms with Gasteiger partial charge in [-0.1, -0.05) is 56.2 Å². The van der Waals surface area contributed by atoms with Gasteiger partial charge in [0.1, 0.15) is 0 Å². The molecule has 0 fully saturated rings. The van der Waals surface area contributed by atoms with Gasteiger partial charge in [0, 0.05) is 42.8 Å². The van der Waals surface area contributed by atoms with Gasteiger partial charge in [0.15, 0.2) is 0 Å². The van der Waals surface area contributed by atoms with Crippen molar-refractivity contribution < 1.29 is 4.79 Å². The lowest BCUT2D eigenvalue weighted by Crippen LogP contribution is -2.25. The Kier molecular flexibility index (Phi) is 5.90. The average Bonchev–Trinajstić information content (AvgIpc) is 2.69. The summed E-state index contributed by atoms with van der Waals surface area (Å²) < 4.78 is 0. The normalized spacial score (nSPS) is 14.4. The Morgan fingerprint density at radius 1 is 1.04 bits per heavy atom. The first kappa shape index (κ1) is 18.0. The van der Waals surface area contributed by atoms with Gasteiger partial charge in [-0.2, -0.15) is 0 Å². The summed E-state index contributed by atoms with van der Waals surface area (Å²) >= 11 is 0. The van der Waals surface area contributed by atoms with Crippen molar-refractivity contribution in [3.63, 3.8) is 0 Å². The molecular weight excluding hydrogens is 320 g/mol. The monoisotopic (exact) mass is 346 g/mol. The number of rotatable bonds is 6. The number of hydrogen-bond donors (Lipinski definition) is 0. The lowest BCUT2D eigenvalue weighted by molar-refractivity contribution is -0.113. The van der Waals surface area contributed by atoms with E-state index < -0.39 is 0 Å². The Hall–Kier alpha value is -2.81. The van der Waals surface area contributed by atoms with E-state index in [0.717, 1.165) is 23.4 Å². The van der Waals surface area contributed by atoms with Crippen LogP contribution in [-0.4, -0.2) is 19.5 Å². The Balaban J connectivity index is 1.83. The van der Waals surface area contributed by atoms with Gasteiger partial charge in [-0.25, -0.2) is 0 Å². The number of para-hydroxylation sites is 2. The van der Waals surface area contributed by atoms with Crippen LogP contribution in [0.4, 0.5) is 11.4 Å². The second-order valence-electron chi connectivity index (χ2n) is 6.57. The van der Waals surface area contributed by atoms with Gasteiger partial charge in [0.25, 0.3) is 5.91 Å². The second kappa shape index (κ2) is 8.52. The zero-order valence-electron chi connectivity index (χ0n) is 15.6. The van der Waals surface area contributed by atoms with Crippen LogP contribution in [0.3, 0.4) is 0 Å². The summed E-state index contributed by atoms with van der Waals surface area (Å²) in [6.07, 6.45) is 9.49. The Morgan fingerprint density at radius 3 is 2.54 bits per heavy atom. The maximum atomic E-state index is 12.7. The molecule has 1 aliphatic rings. The average molecular weight is 346 g/mol. The Labute approximate surface area is 156 Å². The molecule has 26 heavy (non-hydrogen) atoms. The maximum absolute atomic E-state index is 12.7. The highest BCUT2D eigenvalue weighted by Gasteiger charge is 2.17. The van der Waals surface area contributed by atoms with Crippen molar-refractivity contribution in [3.05, 3.63) is 78.5 Å². The van der Waals surface area contributed by atoms with Gasteiger partial charge in [-0.3, -0.25) is 4.79 Å². The van der Waals surface area contributed by atoms with Crippen molar-refractivity contribution in [3.8, 4) is 0 Å². The molecule has 0 aromatic heterocycles. The maximum Gasteiger partial charge on any atom is 0.251 e. The van der Waals surface area contributed by atoms with E-state index in [-0.39, 0.29) is 5.91 Å². The topological polar surface area (TPSA) is 23.6 Å². The highest BCUT2D eigenvalue weighted by Crippen LogP contribution is 2.33. The molecule has 2 aromatic carbocycles. The second-order valence-corrected chi connectivity index (χ2v) is 6.57. The number of nitrogens with zero attached hydrogens (tertiary/aromatic N) is 2. The van der Waals surface area contributed by atoms with Crippen LogP contribution in [-0.2, 0) is 4.79 Å². The van der Waals surface area contributed by atoms with Crippen molar-refractivity contribution in [2.24, 2.45) is 0 Å². The molecule has 0 saturated heterocycles. The number of hydrogen-bond acceptors (Lipinski definition) is 2. The summed E-state index contributed by atoms with van der Waals surface area (Å²) in [6.45, 7) is 3.22. The zero-order valence-corrected chi connectivity index (χ0v) is 15.6. The zero-order chi connectivity index (χ0) is 18.4. The van der Waals surface area contributed by atoms with Crippen molar-refractivity contribution in [2.75, 3.05) is 23.4 Å². The van der Waals surface area contributed by atoms with Crippen molar-refractivity contribution in [2.45, 2.75) is 26.2 Å². The molecule has 0 unspecified atom stereocenters. The van der Waals surface area contributed by atoms with Gasteiger partial charge in [-0.15, -0.1) is 0 Å². The van der Waals surface area contributed by atoms with E-state index in [1.807, 2.05) is 49.5 Å². The van der Waals surface area contributed by atoms with Crippen LogP contribution >= 0.6 is 0 Å². The summed E-state index contributed by atoms with van der Waals surface area (Å²) in [7, 11) is 1.81. The van der Waals surface area contributed by atoms with E-state index in [9.17, 15) is 4.79 Å². The Bertz CT molecular complexity index is 808. The number of carbonyl (C=O) groups excluding carboxylic acids is 1. The molecule has 0 atom stereocenters. The number of anilines is 2. The van der Waals surface area contributed by atoms with Crippen LogP contribution in [0, 0.1) is 0 Å². The van der Waals surface area contributed by atoms with Gasteiger partial charge >= 0.3 is 0 Å². The molecule has 1 amide bonds. The Morgan fingerprint density at radius 2 is 1.77 bits per heavy atom. The van der Waals surface area contributed by atoms with Crippen LogP contribution < -0.4 is 9.80 Å². The van der Waals surface area contributed by atoms with E-state index in [4.69, 9.17) is 0 Å². The molecule has 0 N–H and O–H groups in total. The molecule has 0 radical (unpaired) electrons. The molecule has 1 aliphatic heterocycles. The minimum Gasteiger partial charge on any atom is -0.347 e. The molecule has 1 heterocycles. The SMILES string of the molecule is CCCCCN1C=C/C(=C\C(=O)N(C)c2ccccc2)c2ccccc21. The molecule has 134 valence electrons. The molecule has 0 bridgehead atoms. The van der Waals surface area contributed by atoms with Gasteiger partial charge in [-0.05, 0) is 36.3 Å². The lowest BCUT2D eigenvalue weighted by atomic mass is 9.99. The standard InChI is InChI=1S/C23H26N2O/c1-3-4-10-16-25-17-15-19(21-13-8-9-14-22(21)25)18-23(26)24(2)20-11-6-5-7-12-20/h5-9,11-15,17-18H,3-4,10,16H2,1-2H3/b19-18+. The summed E-state index contributed by atoms with van der Waals surface area (Å²) in [5.74, 6) is -0.0231. The van der Waals surface area contributed by atoms with E-state index in [1.54, 1.807) is 11.0 Å². The van der Waals surface area contributed by atoms with Crippen LogP contribution in [0.5, 0.6) is 0 Å². The third kappa shape index (κ3) is 4.05. The third-order valence-electron chi connectivity index (χ3n) is 4.71. The minimum atomic E-state index is -0.0231.